The van der Waals surface area contributed by atoms with Crippen LogP contribution < -0.4 is 10.6 Å². The van der Waals surface area contributed by atoms with E-state index in [4.69, 9.17) is 11.3 Å². The Labute approximate surface area is 277 Å². The van der Waals surface area contributed by atoms with Gasteiger partial charge in [0.15, 0.2) is 23.2 Å². The number of thioether (sulfide) groups is 2. The molecule has 4 rings (SSSR count). The number of carbonyl (C=O) groups is 5. The third kappa shape index (κ3) is 8.01. The second kappa shape index (κ2) is 15.1. The smallest absolute Gasteiger partial charge is 0.471 e. The van der Waals surface area contributed by atoms with E-state index in [-0.39, 0.29) is 34.6 Å². The van der Waals surface area contributed by atoms with Crippen LogP contribution in [0.15, 0.2) is 32.1 Å². The maximum absolute atomic E-state index is 13.2. The molecule has 4 N–H and O–H groups in total. The number of nitrogens with one attached hydrogen (secondary N) is 2. The van der Waals surface area contributed by atoms with Gasteiger partial charge in [0.1, 0.15) is 29.9 Å². The van der Waals surface area contributed by atoms with Crippen LogP contribution in [0.25, 0.3) is 0 Å². The molecular weight excluding hydrogens is 714 g/mol. The molecular formula is C23H19F3N10O9S3. The third-order valence-electron chi connectivity index (χ3n) is 5.90. The number of thiazole rings is 1. The fourth-order valence-corrected chi connectivity index (χ4v) is 6.94. The van der Waals surface area contributed by atoms with Crippen LogP contribution >= 0.6 is 34.9 Å². The van der Waals surface area contributed by atoms with Gasteiger partial charge in [0.25, 0.3) is 11.8 Å². The van der Waals surface area contributed by atoms with Gasteiger partial charge in [0, 0.05) is 16.9 Å². The van der Waals surface area contributed by atoms with Crippen LogP contribution in [0.4, 0.5) is 18.3 Å². The molecule has 19 nitrogen and oxygen atoms in total. The standard InChI is InChI=1S/C23H19F3N10O9S3/c1-3-4-45-32-12(11-8-47-21(27-11)29-20(43)23(24,25)26)15(37)28-13-16(38)36-14(19(41)42)9(6-46-17(13)36)7-48-22-30-33-34-35(22)5-10(18(39)40)31-44-2/h1,8,13,17H,4-7H2,2H3,(H,28,37)(H,39,40)(H,41,42)(H,27,29,43)/b31-10-,32-12+. The third-order valence-corrected chi connectivity index (χ3v) is 9.04. The van der Waals surface area contributed by atoms with Gasteiger partial charge in [-0.15, -0.1) is 34.6 Å². The van der Waals surface area contributed by atoms with Crippen molar-refractivity contribution in [1.29, 1.82) is 0 Å². The zero-order valence-corrected chi connectivity index (χ0v) is 26.3. The number of aliphatic carboxylic acids is 2. The number of rotatable bonds is 14. The van der Waals surface area contributed by atoms with E-state index in [1.165, 1.54) is 0 Å². The van der Waals surface area contributed by atoms with E-state index in [9.17, 15) is 47.4 Å². The summed E-state index contributed by atoms with van der Waals surface area (Å²) >= 11 is 2.64. The molecule has 1 fully saturated rings. The van der Waals surface area contributed by atoms with E-state index in [1.54, 1.807) is 5.32 Å². The Hall–Kier alpha value is -5.22. The van der Waals surface area contributed by atoms with Gasteiger partial charge in [-0.05, 0) is 16.0 Å². The Balaban J connectivity index is 1.48. The predicted octanol–water partition coefficient (Wildman–Crippen LogP) is -0.398. The molecule has 25 heteroatoms. The van der Waals surface area contributed by atoms with Crippen LogP contribution in [0, 0.1) is 12.3 Å². The molecule has 2 unspecified atom stereocenters. The molecule has 2 aromatic rings. The van der Waals surface area contributed by atoms with Gasteiger partial charge in [-0.1, -0.05) is 28.0 Å². The van der Waals surface area contributed by atoms with Crippen molar-refractivity contribution in [3.05, 3.63) is 22.3 Å². The number of β-lactam (4-membered cyclic amide) rings is 1. The Kier molecular flexibility index (Phi) is 11.2. The highest BCUT2D eigenvalue weighted by molar-refractivity contribution is 8.01. The molecule has 1 saturated heterocycles. The van der Waals surface area contributed by atoms with Crippen molar-refractivity contribution in [2.45, 2.75) is 29.3 Å². The molecule has 3 amide bonds. The van der Waals surface area contributed by atoms with Crippen molar-refractivity contribution in [3.8, 4) is 12.3 Å². The minimum atomic E-state index is -5.20. The van der Waals surface area contributed by atoms with Gasteiger partial charge in [-0.3, -0.25) is 24.6 Å². The SMILES string of the molecule is C#CCO/N=C(/C(=O)NC1C(=O)N2C(C(=O)O)=C(CSc3nnnn3C/C(=N/OC)C(=O)O)CSC12)c1csc(NC(=O)C(F)(F)F)n1. The van der Waals surface area contributed by atoms with Crippen LogP contribution in [0.3, 0.4) is 0 Å². The summed E-state index contributed by atoms with van der Waals surface area (Å²) < 4.78 is 39.0. The summed E-state index contributed by atoms with van der Waals surface area (Å²) in [6.07, 6.45) is -0.0830. The quantitative estimate of drug-likeness (QED) is 0.0482. The number of nitrogens with zero attached hydrogens (tertiary/aromatic N) is 8. The second-order valence-electron chi connectivity index (χ2n) is 8.96. The van der Waals surface area contributed by atoms with Crippen molar-refractivity contribution >= 4 is 81.1 Å². The maximum atomic E-state index is 13.2. The summed E-state index contributed by atoms with van der Waals surface area (Å²) in [5, 5.41) is 41.0. The van der Waals surface area contributed by atoms with Crippen molar-refractivity contribution in [2.24, 2.45) is 10.3 Å². The molecule has 2 aliphatic rings. The molecule has 0 radical (unpaired) electrons. The maximum Gasteiger partial charge on any atom is 0.471 e. The molecule has 0 spiro atoms. The van der Waals surface area contributed by atoms with Gasteiger partial charge in [0.05, 0.1) is 6.54 Å². The van der Waals surface area contributed by atoms with Gasteiger partial charge in [0.2, 0.25) is 5.16 Å². The fourth-order valence-electron chi connectivity index (χ4n) is 3.89. The van der Waals surface area contributed by atoms with E-state index in [0.29, 0.717) is 16.9 Å². The number of amides is 3. The van der Waals surface area contributed by atoms with Crippen LogP contribution in [0.5, 0.6) is 0 Å². The van der Waals surface area contributed by atoms with Crippen molar-refractivity contribution in [2.75, 3.05) is 30.5 Å². The first-order chi connectivity index (χ1) is 22.8. The minimum Gasteiger partial charge on any atom is -0.477 e. The second-order valence-corrected chi connectivity index (χ2v) is 11.9. The fraction of sp³-hybridized carbons (Fsp3) is 0.348. The first-order valence-electron chi connectivity index (χ1n) is 12.7. The topological polar surface area (TPSA) is 253 Å². The van der Waals surface area contributed by atoms with Crippen molar-refractivity contribution in [3.63, 3.8) is 0 Å². The minimum absolute atomic E-state index is 0.0211. The Morgan fingerprint density at radius 2 is 2.02 bits per heavy atom. The van der Waals surface area contributed by atoms with E-state index >= 15 is 0 Å². The average molecular weight is 733 g/mol. The number of anilines is 1. The zero-order chi connectivity index (χ0) is 35.2. The highest BCUT2D eigenvalue weighted by Crippen LogP contribution is 2.41. The number of tetrazole rings is 1. The lowest BCUT2D eigenvalue weighted by Crippen LogP contribution is -2.71. The van der Waals surface area contributed by atoms with Crippen LogP contribution in [0.1, 0.15) is 5.69 Å². The molecule has 48 heavy (non-hydrogen) atoms. The number of carboxylic acids is 2. The lowest BCUT2D eigenvalue weighted by Gasteiger charge is -2.49. The highest BCUT2D eigenvalue weighted by Gasteiger charge is 2.54. The molecule has 2 aromatic heterocycles. The number of carbonyl (C=O) groups excluding carboxylic acids is 3. The predicted molar refractivity (Wildman–Crippen MR) is 158 cm³/mol. The summed E-state index contributed by atoms with van der Waals surface area (Å²) in [7, 11) is 1.16. The molecule has 4 heterocycles. The molecule has 0 aromatic carbocycles. The summed E-state index contributed by atoms with van der Waals surface area (Å²) in [6, 6.07) is -1.26. The number of fused-ring (bicyclic) bond motifs is 1. The summed E-state index contributed by atoms with van der Waals surface area (Å²) in [5.74, 6) is -4.81. The van der Waals surface area contributed by atoms with Gasteiger partial charge >= 0.3 is 24.0 Å². The first-order valence-corrected chi connectivity index (χ1v) is 15.6. The van der Waals surface area contributed by atoms with Crippen LogP contribution in [-0.4, -0.2) is 124 Å². The molecule has 254 valence electrons. The number of carboxylic acid groups (broad SMARTS) is 2. The van der Waals surface area contributed by atoms with Crippen molar-refractivity contribution < 1.29 is 57.0 Å². The molecule has 2 aliphatic heterocycles. The zero-order valence-electron chi connectivity index (χ0n) is 23.8. The van der Waals surface area contributed by atoms with Gasteiger partial charge in [-0.2, -0.15) is 13.2 Å². The number of halogens is 3. The lowest BCUT2D eigenvalue weighted by atomic mass is 10.0. The first kappa shape index (κ1) is 35.6. The largest absolute Gasteiger partial charge is 0.477 e. The summed E-state index contributed by atoms with van der Waals surface area (Å²) in [5.41, 5.74) is -1.36. The van der Waals surface area contributed by atoms with Crippen LogP contribution in [-0.2, 0) is 40.2 Å². The van der Waals surface area contributed by atoms with Gasteiger partial charge in [-0.25, -0.2) is 19.3 Å². The number of alkyl halides is 3. The Bertz CT molecular complexity index is 1770. The number of oxime groups is 2. The monoisotopic (exact) mass is 732 g/mol. The molecule has 2 atom stereocenters. The van der Waals surface area contributed by atoms with Gasteiger partial charge < -0.3 is 25.2 Å². The summed E-state index contributed by atoms with van der Waals surface area (Å²) in [4.78, 5) is 75.4. The average Bonchev–Trinajstić information content (AvgIpc) is 3.68. The number of hydrogen-bond acceptors (Lipinski definition) is 16. The Morgan fingerprint density at radius 3 is 2.67 bits per heavy atom. The highest BCUT2D eigenvalue weighted by atomic mass is 32.2. The lowest BCUT2D eigenvalue weighted by molar-refractivity contribution is -0.167. The van der Waals surface area contributed by atoms with Crippen molar-refractivity contribution in [1.82, 2.24) is 35.4 Å². The summed E-state index contributed by atoms with van der Waals surface area (Å²) in [6.45, 7) is -0.774. The normalized spacial score (nSPS) is 18.0. The molecule has 0 aliphatic carbocycles. The van der Waals surface area contributed by atoms with E-state index in [0.717, 1.165) is 45.6 Å². The number of hydrogen-bond donors (Lipinski definition) is 4. The van der Waals surface area contributed by atoms with Crippen LogP contribution in [0.2, 0.25) is 0 Å². The van der Waals surface area contributed by atoms with E-state index < -0.39 is 70.4 Å². The molecule has 0 saturated carbocycles. The molecule has 0 bridgehead atoms. The van der Waals surface area contributed by atoms with E-state index in [2.05, 4.69) is 46.9 Å². The number of terminal acetylenes is 1. The Morgan fingerprint density at radius 1 is 1.27 bits per heavy atom. The van der Waals surface area contributed by atoms with E-state index in [1.807, 2.05) is 0 Å². The number of aromatic nitrogens is 5.